The van der Waals surface area contributed by atoms with Gasteiger partial charge in [0.15, 0.2) is 0 Å². The van der Waals surface area contributed by atoms with E-state index in [2.05, 4.69) is 4.98 Å². The minimum Gasteiger partial charge on any atom is -0.466 e. The van der Waals surface area contributed by atoms with Crippen LogP contribution in [0.1, 0.15) is 19.0 Å². The third-order valence-electron chi connectivity index (χ3n) is 2.60. The number of thiazole rings is 1. The number of aromatic nitrogens is 1. The van der Waals surface area contributed by atoms with Crippen LogP contribution < -0.4 is 0 Å². The van der Waals surface area contributed by atoms with Crippen molar-refractivity contribution in [3.05, 3.63) is 39.3 Å². The fraction of sp³-hybridized carbons (Fsp3) is 0.286. The molecule has 6 heteroatoms. The molecule has 0 aliphatic heterocycles. The Hall–Kier alpha value is -1.10. The molecule has 0 spiro atoms. The molecule has 0 N–H and O–H groups in total. The van der Waals surface area contributed by atoms with Crippen LogP contribution in [0.15, 0.2) is 23.6 Å². The van der Waals surface area contributed by atoms with Crippen LogP contribution in [-0.4, -0.2) is 17.6 Å². The molecule has 0 saturated carbocycles. The highest BCUT2D eigenvalue weighted by atomic mass is 35.5. The summed E-state index contributed by atoms with van der Waals surface area (Å²) in [6.45, 7) is 2.20. The van der Waals surface area contributed by atoms with Crippen molar-refractivity contribution in [3.63, 3.8) is 0 Å². The Bertz CT molecular complexity index is 613. The molecule has 0 unspecified atom stereocenters. The van der Waals surface area contributed by atoms with Gasteiger partial charge < -0.3 is 4.74 Å². The van der Waals surface area contributed by atoms with Gasteiger partial charge >= 0.3 is 5.97 Å². The Labute approximate surface area is 131 Å². The van der Waals surface area contributed by atoms with Gasteiger partial charge in [0.1, 0.15) is 5.01 Å². The molecule has 0 amide bonds. The molecule has 2 aromatic rings. The van der Waals surface area contributed by atoms with Gasteiger partial charge in [-0.15, -0.1) is 11.3 Å². The van der Waals surface area contributed by atoms with E-state index >= 15 is 0 Å². The fourth-order valence-electron chi connectivity index (χ4n) is 1.67. The molecule has 2 rings (SSSR count). The first kappa shape index (κ1) is 15.3. The van der Waals surface area contributed by atoms with E-state index in [-0.39, 0.29) is 5.97 Å². The molecule has 0 saturated heterocycles. The monoisotopic (exact) mass is 329 g/mol. The van der Waals surface area contributed by atoms with Gasteiger partial charge in [-0.25, -0.2) is 4.98 Å². The Morgan fingerprint density at radius 3 is 2.90 bits per heavy atom. The summed E-state index contributed by atoms with van der Waals surface area (Å²) >= 11 is 13.5. The Balaban J connectivity index is 2.07. The summed E-state index contributed by atoms with van der Waals surface area (Å²) in [6, 6.07) is 5.32. The van der Waals surface area contributed by atoms with E-state index in [1.54, 1.807) is 19.1 Å². The number of nitrogens with zero attached hydrogens (tertiary/aromatic N) is 1. The SMILES string of the molecule is CCOC(=O)CCc1csc(-c2ccc(Cl)cc2Cl)n1. The van der Waals surface area contributed by atoms with Crippen LogP contribution in [-0.2, 0) is 16.0 Å². The zero-order valence-electron chi connectivity index (χ0n) is 10.9. The number of benzene rings is 1. The van der Waals surface area contributed by atoms with Crippen LogP contribution in [0.5, 0.6) is 0 Å². The maximum atomic E-state index is 11.3. The van der Waals surface area contributed by atoms with Crippen molar-refractivity contribution in [3.8, 4) is 10.6 Å². The number of ether oxygens (including phenoxy) is 1. The van der Waals surface area contributed by atoms with Crippen LogP contribution in [0.2, 0.25) is 10.0 Å². The molecule has 0 fully saturated rings. The highest BCUT2D eigenvalue weighted by molar-refractivity contribution is 7.13. The number of hydrogen-bond acceptors (Lipinski definition) is 4. The fourth-order valence-corrected chi connectivity index (χ4v) is 3.12. The van der Waals surface area contributed by atoms with Crippen molar-refractivity contribution in [1.29, 1.82) is 0 Å². The average Bonchev–Trinajstić information content (AvgIpc) is 2.85. The summed E-state index contributed by atoms with van der Waals surface area (Å²) in [5.74, 6) is -0.202. The van der Waals surface area contributed by atoms with Crippen LogP contribution in [0, 0.1) is 0 Å². The maximum absolute atomic E-state index is 11.3. The third-order valence-corrected chi connectivity index (χ3v) is 4.08. The second-order valence-electron chi connectivity index (χ2n) is 4.07. The first-order chi connectivity index (χ1) is 9.60. The molecule has 0 bridgehead atoms. The van der Waals surface area contributed by atoms with Gasteiger partial charge in [0.2, 0.25) is 0 Å². The molecule has 106 valence electrons. The van der Waals surface area contributed by atoms with Crippen molar-refractivity contribution < 1.29 is 9.53 Å². The van der Waals surface area contributed by atoms with Crippen LogP contribution in [0.25, 0.3) is 10.6 Å². The summed E-state index contributed by atoms with van der Waals surface area (Å²) in [5.41, 5.74) is 1.72. The van der Waals surface area contributed by atoms with Crippen LogP contribution >= 0.6 is 34.5 Å². The first-order valence-corrected chi connectivity index (χ1v) is 7.79. The lowest BCUT2D eigenvalue weighted by atomic mass is 10.2. The quantitative estimate of drug-likeness (QED) is 0.752. The maximum Gasteiger partial charge on any atom is 0.306 e. The van der Waals surface area contributed by atoms with Gasteiger partial charge in [0.05, 0.1) is 23.7 Å². The van der Waals surface area contributed by atoms with Crippen LogP contribution in [0.3, 0.4) is 0 Å². The second kappa shape index (κ2) is 7.07. The van der Waals surface area contributed by atoms with E-state index in [9.17, 15) is 4.79 Å². The Kier molecular flexibility index (Phi) is 5.40. The molecule has 0 radical (unpaired) electrons. The standard InChI is InChI=1S/C14H13Cl2NO2S/c1-2-19-13(18)6-4-10-8-20-14(17-10)11-5-3-9(15)7-12(11)16/h3,5,7-8H,2,4,6H2,1H3. The summed E-state index contributed by atoms with van der Waals surface area (Å²) in [6.07, 6.45) is 0.909. The second-order valence-corrected chi connectivity index (χ2v) is 5.77. The van der Waals surface area contributed by atoms with E-state index in [0.29, 0.717) is 29.5 Å². The van der Waals surface area contributed by atoms with E-state index in [4.69, 9.17) is 27.9 Å². The number of rotatable bonds is 5. The number of aryl methyl sites for hydroxylation is 1. The van der Waals surface area contributed by atoms with Gasteiger partial charge in [0.25, 0.3) is 0 Å². The van der Waals surface area contributed by atoms with E-state index in [0.717, 1.165) is 16.3 Å². The van der Waals surface area contributed by atoms with Gasteiger partial charge in [-0.05, 0) is 25.1 Å². The summed E-state index contributed by atoms with van der Waals surface area (Å²) in [5, 5.41) is 3.92. The molecular formula is C14H13Cl2NO2S. The van der Waals surface area contributed by atoms with Gasteiger partial charge in [-0.3, -0.25) is 4.79 Å². The van der Waals surface area contributed by atoms with Crippen molar-refractivity contribution >= 4 is 40.5 Å². The highest BCUT2D eigenvalue weighted by Gasteiger charge is 2.10. The topological polar surface area (TPSA) is 39.2 Å². The molecule has 1 aromatic carbocycles. The number of carbonyl (C=O) groups excluding carboxylic acids is 1. The summed E-state index contributed by atoms with van der Waals surface area (Å²) in [7, 11) is 0. The van der Waals surface area contributed by atoms with E-state index in [1.165, 1.54) is 11.3 Å². The molecule has 1 heterocycles. The first-order valence-electron chi connectivity index (χ1n) is 6.15. The van der Waals surface area contributed by atoms with Gasteiger partial charge in [0, 0.05) is 22.4 Å². The predicted octanol–water partition coefficient (Wildman–Crippen LogP) is 4.61. The predicted molar refractivity (Wildman–Crippen MR) is 82.5 cm³/mol. The van der Waals surface area contributed by atoms with Crippen LogP contribution in [0.4, 0.5) is 0 Å². The molecule has 1 aromatic heterocycles. The molecular weight excluding hydrogens is 317 g/mol. The minimum absolute atomic E-state index is 0.202. The summed E-state index contributed by atoms with van der Waals surface area (Å²) in [4.78, 5) is 15.8. The number of esters is 1. The average molecular weight is 330 g/mol. The zero-order valence-corrected chi connectivity index (χ0v) is 13.2. The normalized spacial score (nSPS) is 10.6. The molecule has 20 heavy (non-hydrogen) atoms. The minimum atomic E-state index is -0.202. The van der Waals surface area contributed by atoms with Crippen molar-refractivity contribution in [2.75, 3.05) is 6.61 Å². The Morgan fingerprint density at radius 1 is 1.40 bits per heavy atom. The van der Waals surface area contributed by atoms with Crippen molar-refractivity contribution in [2.45, 2.75) is 19.8 Å². The lowest BCUT2D eigenvalue weighted by Crippen LogP contribution is -2.05. The van der Waals surface area contributed by atoms with E-state index in [1.807, 2.05) is 11.4 Å². The lowest BCUT2D eigenvalue weighted by molar-refractivity contribution is -0.143. The third kappa shape index (κ3) is 3.95. The number of hydrogen-bond donors (Lipinski definition) is 0. The molecule has 0 atom stereocenters. The van der Waals surface area contributed by atoms with Gasteiger partial charge in [-0.2, -0.15) is 0 Å². The van der Waals surface area contributed by atoms with E-state index < -0.39 is 0 Å². The lowest BCUT2D eigenvalue weighted by Gasteiger charge is -2.01. The van der Waals surface area contributed by atoms with Gasteiger partial charge in [-0.1, -0.05) is 23.2 Å². The Morgan fingerprint density at radius 2 is 2.20 bits per heavy atom. The number of halogens is 2. The highest BCUT2D eigenvalue weighted by Crippen LogP contribution is 2.32. The largest absolute Gasteiger partial charge is 0.466 e. The smallest absolute Gasteiger partial charge is 0.306 e. The molecule has 0 aliphatic rings. The van der Waals surface area contributed by atoms with Crippen molar-refractivity contribution in [2.24, 2.45) is 0 Å². The number of carbonyl (C=O) groups is 1. The molecule has 0 aliphatic carbocycles. The zero-order chi connectivity index (χ0) is 14.5. The summed E-state index contributed by atoms with van der Waals surface area (Å²) < 4.78 is 4.89. The van der Waals surface area contributed by atoms with Crippen molar-refractivity contribution in [1.82, 2.24) is 4.98 Å². The molecule has 3 nitrogen and oxygen atoms in total.